The van der Waals surface area contributed by atoms with E-state index in [-0.39, 0.29) is 6.10 Å². The van der Waals surface area contributed by atoms with Gasteiger partial charge in [0, 0.05) is 11.6 Å². The number of hydrogen-bond donors (Lipinski definition) is 1. The van der Waals surface area contributed by atoms with Crippen LogP contribution in [0.4, 0.5) is 0 Å². The van der Waals surface area contributed by atoms with Crippen molar-refractivity contribution in [1.82, 2.24) is 5.32 Å². The first-order valence-electron chi connectivity index (χ1n) is 7.45. The van der Waals surface area contributed by atoms with Gasteiger partial charge in [-0.15, -0.1) is 0 Å². The standard InChI is InChI=1S/C18H21BrClNO/c1-13(2)22-18-8-5-15(11-17(18)19)12-21-10-9-14-3-6-16(20)7-4-14/h3-8,11,13,21H,9-10,12H2,1-2H3. The van der Waals surface area contributed by atoms with Gasteiger partial charge in [0.1, 0.15) is 5.75 Å². The van der Waals surface area contributed by atoms with Gasteiger partial charge in [0.05, 0.1) is 10.6 Å². The second-order valence-corrected chi connectivity index (χ2v) is 6.78. The molecule has 2 aromatic carbocycles. The van der Waals surface area contributed by atoms with Crippen LogP contribution in [0.2, 0.25) is 5.02 Å². The van der Waals surface area contributed by atoms with E-state index in [4.69, 9.17) is 16.3 Å². The summed E-state index contributed by atoms with van der Waals surface area (Å²) in [5, 5.41) is 4.24. The molecule has 0 aliphatic heterocycles. The van der Waals surface area contributed by atoms with Crippen LogP contribution in [0.25, 0.3) is 0 Å². The number of ether oxygens (including phenoxy) is 1. The fourth-order valence-corrected chi connectivity index (χ4v) is 2.77. The molecule has 2 rings (SSSR count). The molecule has 0 aliphatic rings. The first kappa shape index (κ1) is 17.3. The summed E-state index contributed by atoms with van der Waals surface area (Å²) in [5.74, 6) is 0.889. The molecule has 0 amide bonds. The Morgan fingerprint density at radius 2 is 1.77 bits per heavy atom. The second-order valence-electron chi connectivity index (χ2n) is 5.48. The highest BCUT2D eigenvalue weighted by Crippen LogP contribution is 2.26. The van der Waals surface area contributed by atoms with E-state index in [1.165, 1.54) is 11.1 Å². The highest BCUT2D eigenvalue weighted by Gasteiger charge is 2.04. The Kier molecular flexibility index (Phi) is 6.74. The Morgan fingerprint density at radius 3 is 2.41 bits per heavy atom. The number of hydrogen-bond acceptors (Lipinski definition) is 2. The normalized spacial score (nSPS) is 11.0. The molecule has 0 fully saturated rings. The van der Waals surface area contributed by atoms with Crippen molar-refractivity contribution in [2.75, 3.05) is 6.54 Å². The van der Waals surface area contributed by atoms with Gasteiger partial charge >= 0.3 is 0 Å². The number of benzene rings is 2. The lowest BCUT2D eigenvalue weighted by atomic mass is 10.1. The molecule has 4 heteroatoms. The molecular weight excluding hydrogens is 362 g/mol. The SMILES string of the molecule is CC(C)Oc1ccc(CNCCc2ccc(Cl)cc2)cc1Br. The van der Waals surface area contributed by atoms with Crippen molar-refractivity contribution in [1.29, 1.82) is 0 Å². The molecule has 118 valence electrons. The Balaban J connectivity index is 1.79. The lowest BCUT2D eigenvalue weighted by molar-refractivity contribution is 0.241. The molecule has 2 nitrogen and oxygen atoms in total. The van der Waals surface area contributed by atoms with Crippen molar-refractivity contribution in [2.24, 2.45) is 0 Å². The van der Waals surface area contributed by atoms with Crippen LogP contribution < -0.4 is 10.1 Å². The summed E-state index contributed by atoms with van der Waals surface area (Å²) in [6.07, 6.45) is 1.17. The summed E-state index contributed by atoms with van der Waals surface area (Å²) in [6, 6.07) is 14.2. The van der Waals surface area contributed by atoms with Crippen LogP contribution in [-0.2, 0) is 13.0 Å². The van der Waals surface area contributed by atoms with Crippen LogP contribution in [0.1, 0.15) is 25.0 Å². The van der Waals surface area contributed by atoms with E-state index in [9.17, 15) is 0 Å². The van der Waals surface area contributed by atoms with Gasteiger partial charge in [0.2, 0.25) is 0 Å². The average Bonchev–Trinajstić information content (AvgIpc) is 2.48. The van der Waals surface area contributed by atoms with E-state index in [2.05, 4.69) is 45.5 Å². The van der Waals surface area contributed by atoms with Crippen molar-refractivity contribution in [3.63, 3.8) is 0 Å². The third-order valence-electron chi connectivity index (χ3n) is 3.19. The Labute approximate surface area is 146 Å². The van der Waals surface area contributed by atoms with E-state index < -0.39 is 0 Å². The number of rotatable bonds is 7. The van der Waals surface area contributed by atoms with Gasteiger partial charge in [0.15, 0.2) is 0 Å². The van der Waals surface area contributed by atoms with Gasteiger partial charge in [-0.25, -0.2) is 0 Å². The minimum absolute atomic E-state index is 0.180. The van der Waals surface area contributed by atoms with Gasteiger partial charge in [-0.2, -0.15) is 0 Å². The smallest absolute Gasteiger partial charge is 0.133 e. The molecule has 0 bridgehead atoms. The maximum atomic E-state index is 5.88. The molecule has 1 N–H and O–H groups in total. The maximum absolute atomic E-state index is 5.88. The summed E-state index contributed by atoms with van der Waals surface area (Å²) in [6.45, 7) is 5.83. The van der Waals surface area contributed by atoms with Gasteiger partial charge in [-0.05, 0) is 78.1 Å². The molecule has 2 aromatic rings. The number of halogens is 2. The van der Waals surface area contributed by atoms with Crippen molar-refractivity contribution >= 4 is 27.5 Å². The van der Waals surface area contributed by atoms with E-state index in [0.29, 0.717) is 0 Å². The predicted molar refractivity (Wildman–Crippen MR) is 96.8 cm³/mol. The fourth-order valence-electron chi connectivity index (χ4n) is 2.12. The topological polar surface area (TPSA) is 21.3 Å². The molecule has 0 atom stereocenters. The fraction of sp³-hybridized carbons (Fsp3) is 0.333. The zero-order valence-corrected chi connectivity index (χ0v) is 15.2. The maximum Gasteiger partial charge on any atom is 0.133 e. The Bertz CT molecular complexity index is 599. The Morgan fingerprint density at radius 1 is 1.09 bits per heavy atom. The third-order valence-corrected chi connectivity index (χ3v) is 4.06. The molecule has 0 aromatic heterocycles. The van der Waals surface area contributed by atoms with Gasteiger partial charge < -0.3 is 10.1 Å². The zero-order chi connectivity index (χ0) is 15.9. The van der Waals surface area contributed by atoms with Crippen LogP contribution in [0.3, 0.4) is 0 Å². The largest absolute Gasteiger partial charge is 0.490 e. The molecule has 0 aliphatic carbocycles. The highest BCUT2D eigenvalue weighted by atomic mass is 79.9. The van der Waals surface area contributed by atoms with Crippen LogP contribution in [0.15, 0.2) is 46.9 Å². The number of nitrogens with one attached hydrogen (secondary N) is 1. The minimum Gasteiger partial charge on any atom is -0.490 e. The van der Waals surface area contributed by atoms with Crippen LogP contribution in [0, 0.1) is 0 Å². The summed E-state index contributed by atoms with van der Waals surface area (Å²) >= 11 is 9.44. The highest BCUT2D eigenvalue weighted by molar-refractivity contribution is 9.10. The van der Waals surface area contributed by atoms with Crippen molar-refractivity contribution in [3.05, 3.63) is 63.1 Å². The van der Waals surface area contributed by atoms with Crippen LogP contribution >= 0.6 is 27.5 Å². The predicted octanol–water partition coefficient (Wildman–Crippen LogP) is 5.22. The molecule has 0 saturated carbocycles. The molecule has 0 spiro atoms. The van der Waals surface area contributed by atoms with E-state index in [0.717, 1.165) is 34.8 Å². The second kappa shape index (κ2) is 8.56. The van der Waals surface area contributed by atoms with Crippen molar-refractivity contribution < 1.29 is 4.74 Å². The minimum atomic E-state index is 0.180. The lowest BCUT2D eigenvalue weighted by Crippen LogP contribution is -2.16. The molecule has 0 unspecified atom stereocenters. The quantitative estimate of drug-likeness (QED) is 0.663. The molecule has 22 heavy (non-hydrogen) atoms. The first-order valence-corrected chi connectivity index (χ1v) is 8.62. The van der Waals surface area contributed by atoms with Crippen LogP contribution in [-0.4, -0.2) is 12.6 Å². The molecular formula is C18H21BrClNO. The lowest BCUT2D eigenvalue weighted by Gasteiger charge is -2.13. The zero-order valence-electron chi connectivity index (χ0n) is 12.9. The van der Waals surface area contributed by atoms with Crippen LogP contribution in [0.5, 0.6) is 5.75 Å². The van der Waals surface area contributed by atoms with E-state index in [1.54, 1.807) is 0 Å². The van der Waals surface area contributed by atoms with Gasteiger partial charge in [-0.3, -0.25) is 0 Å². The Hall–Kier alpha value is -1.03. The summed E-state index contributed by atoms with van der Waals surface area (Å²) < 4.78 is 6.71. The van der Waals surface area contributed by atoms with E-state index in [1.807, 2.05) is 32.0 Å². The molecule has 0 saturated heterocycles. The summed E-state index contributed by atoms with van der Waals surface area (Å²) in [5.41, 5.74) is 2.53. The molecule has 0 heterocycles. The third kappa shape index (κ3) is 5.64. The van der Waals surface area contributed by atoms with Crippen molar-refractivity contribution in [3.8, 4) is 5.75 Å². The van der Waals surface area contributed by atoms with Gasteiger partial charge in [0.25, 0.3) is 0 Å². The first-order chi connectivity index (χ1) is 10.5. The summed E-state index contributed by atoms with van der Waals surface area (Å²) in [7, 11) is 0. The molecule has 0 radical (unpaired) electrons. The van der Waals surface area contributed by atoms with E-state index >= 15 is 0 Å². The average molecular weight is 383 g/mol. The monoisotopic (exact) mass is 381 g/mol. The van der Waals surface area contributed by atoms with Crippen molar-refractivity contribution in [2.45, 2.75) is 32.9 Å². The summed E-state index contributed by atoms with van der Waals surface area (Å²) in [4.78, 5) is 0. The van der Waals surface area contributed by atoms with Gasteiger partial charge in [-0.1, -0.05) is 29.8 Å².